The normalized spacial score (nSPS) is 18.5. The van der Waals surface area contributed by atoms with E-state index in [0.717, 1.165) is 44.7 Å². The third-order valence-electron chi connectivity index (χ3n) is 8.69. The Morgan fingerprint density at radius 2 is 1.76 bits per heavy atom. The maximum absolute atomic E-state index is 13.7. The van der Waals surface area contributed by atoms with Gasteiger partial charge in [0.15, 0.2) is 0 Å². The van der Waals surface area contributed by atoms with Crippen LogP contribution < -0.4 is 25.4 Å². The van der Waals surface area contributed by atoms with Crippen molar-refractivity contribution in [1.82, 2.24) is 19.4 Å². The SMILES string of the molecule is CC1(COc2c(N3CCN(S(=O)(=O)Cc4cc(N5CCNCC5)ccc4[N+](=O)[O-])CC3)cnn(-c3cccc(Cl)c3)c2=O)CC1. The highest BCUT2D eigenvalue weighted by Gasteiger charge is 2.39. The van der Waals surface area contributed by atoms with E-state index in [2.05, 4.69) is 22.2 Å². The predicted molar refractivity (Wildman–Crippen MR) is 172 cm³/mol. The van der Waals surface area contributed by atoms with Gasteiger partial charge in [-0.25, -0.2) is 8.42 Å². The molecule has 1 saturated carbocycles. The highest BCUT2D eigenvalue weighted by molar-refractivity contribution is 7.88. The lowest BCUT2D eigenvalue weighted by Gasteiger charge is -2.36. The van der Waals surface area contributed by atoms with Gasteiger partial charge in [-0.05, 0) is 43.2 Å². The third kappa shape index (κ3) is 6.93. The smallest absolute Gasteiger partial charge is 0.316 e. The molecule has 13 nitrogen and oxygen atoms in total. The summed E-state index contributed by atoms with van der Waals surface area (Å²) in [4.78, 5) is 28.9. The minimum Gasteiger partial charge on any atom is -0.486 e. The number of sulfonamides is 1. The third-order valence-corrected chi connectivity index (χ3v) is 10.8. The molecule has 45 heavy (non-hydrogen) atoms. The first-order chi connectivity index (χ1) is 21.5. The molecule has 2 aliphatic heterocycles. The van der Waals surface area contributed by atoms with Gasteiger partial charge in [-0.1, -0.05) is 24.6 Å². The van der Waals surface area contributed by atoms with E-state index in [0.29, 0.717) is 23.0 Å². The lowest BCUT2D eigenvalue weighted by Crippen LogP contribution is -2.49. The van der Waals surface area contributed by atoms with Crippen LogP contribution in [-0.4, -0.2) is 86.4 Å². The molecule has 1 aromatic heterocycles. The van der Waals surface area contributed by atoms with Gasteiger partial charge in [-0.2, -0.15) is 14.1 Å². The standard InChI is InChI=1S/C30H36ClN7O6S/c1-30(7-8-30)21-44-28-27(19-33-37(29(28)39)25-4-2-3-23(31)18-25)35-13-15-36(16-14-35)45(42,43)20-22-17-24(5-6-26(22)38(40)41)34-11-9-32-10-12-34/h2-6,17-19,32H,7-16,20-21H2,1H3. The fraction of sp³-hybridized carbons (Fsp3) is 0.467. The fourth-order valence-electron chi connectivity index (χ4n) is 5.67. The van der Waals surface area contributed by atoms with Crippen LogP contribution in [-0.2, 0) is 15.8 Å². The zero-order valence-corrected chi connectivity index (χ0v) is 26.6. The molecule has 1 N–H and O–H groups in total. The van der Waals surface area contributed by atoms with E-state index in [4.69, 9.17) is 16.3 Å². The second-order valence-corrected chi connectivity index (χ2v) is 14.5. The molecule has 1 aliphatic carbocycles. The molecule has 0 atom stereocenters. The summed E-state index contributed by atoms with van der Waals surface area (Å²) in [7, 11) is -3.89. The zero-order valence-electron chi connectivity index (χ0n) is 25.0. The Balaban J connectivity index is 1.21. The Labute approximate surface area is 266 Å². The lowest BCUT2D eigenvalue weighted by atomic mass is 10.1. The number of nitrogens with zero attached hydrogens (tertiary/aromatic N) is 6. The first kappa shape index (κ1) is 31.3. The molecule has 6 rings (SSSR count). The molecule has 3 aromatic rings. The molecule has 0 radical (unpaired) electrons. The molecule has 3 fully saturated rings. The van der Waals surface area contributed by atoms with E-state index >= 15 is 0 Å². The summed E-state index contributed by atoms with van der Waals surface area (Å²) < 4.78 is 36.0. The molecule has 2 aromatic carbocycles. The fourth-order valence-corrected chi connectivity index (χ4v) is 7.38. The average Bonchev–Trinajstić information content (AvgIpc) is 3.77. The summed E-state index contributed by atoms with van der Waals surface area (Å²) in [5.41, 5.74) is 1.32. The van der Waals surface area contributed by atoms with Gasteiger partial charge >= 0.3 is 5.56 Å². The summed E-state index contributed by atoms with van der Waals surface area (Å²) in [6, 6.07) is 11.5. The number of benzene rings is 2. The molecule has 0 unspecified atom stereocenters. The molecule has 240 valence electrons. The Morgan fingerprint density at radius 3 is 2.42 bits per heavy atom. The summed E-state index contributed by atoms with van der Waals surface area (Å²) >= 11 is 6.16. The van der Waals surface area contributed by atoms with E-state index in [-0.39, 0.29) is 48.6 Å². The minimum atomic E-state index is -3.89. The summed E-state index contributed by atoms with van der Waals surface area (Å²) in [6.07, 6.45) is 3.60. The van der Waals surface area contributed by atoms with E-state index in [1.807, 2.05) is 4.90 Å². The summed E-state index contributed by atoms with van der Waals surface area (Å²) in [5.74, 6) is -0.317. The topological polar surface area (TPSA) is 143 Å². The minimum absolute atomic E-state index is 0.0193. The zero-order chi connectivity index (χ0) is 31.8. The number of hydrogen-bond donors (Lipinski definition) is 1. The van der Waals surface area contributed by atoms with Gasteiger partial charge in [0.05, 0.1) is 29.2 Å². The number of anilines is 2. The molecular formula is C30H36ClN7O6S. The predicted octanol–water partition coefficient (Wildman–Crippen LogP) is 3.03. The average molecular weight is 658 g/mol. The molecule has 3 aliphatic rings. The van der Waals surface area contributed by atoms with Crippen molar-refractivity contribution in [3.05, 3.63) is 79.7 Å². The highest BCUT2D eigenvalue weighted by atomic mass is 35.5. The Bertz CT molecular complexity index is 1750. The summed E-state index contributed by atoms with van der Waals surface area (Å²) in [5, 5.41) is 19.9. The van der Waals surface area contributed by atoms with E-state index < -0.39 is 26.3 Å². The summed E-state index contributed by atoms with van der Waals surface area (Å²) in [6.45, 7) is 6.38. The number of rotatable bonds is 10. The molecule has 0 spiro atoms. The van der Waals surface area contributed by atoms with Crippen molar-refractivity contribution in [2.45, 2.75) is 25.5 Å². The van der Waals surface area contributed by atoms with Gasteiger partial charge in [0, 0.05) is 80.1 Å². The van der Waals surface area contributed by atoms with Crippen molar-refractivity contribution in [2.24, 2.45) is 5.41 Å². The number of halogens is 1. The van der Waals surface area contributed by atoms with Crippen LogP contribution in [0.4, 0.5) is 17.1 Å². The highest BCUT2D eigenvalue weighted by Crippen LogP contribution is 2.45. The van der Waals surface area contributed by atoms with Crippen molar-refractivity contribution in [1.29, 1.82) is 0 Å². The van der Waals surface area contributed by atoms with Gasteiger partial charge in [-0.3, -0.25) is 14.9 Å². The van der Waals surface area contributed by atoms with Gasteiger partial charge in [-0.15, -0.1) is 0 Å². The first-order valence-electron chi connectivity index (χ1n) is 15.0. The van der Waals surface area contributed by atoms with Crippen LogP contribution in [0, 0.1) is 15.5 Å². The molecule has 2 saturated heterocycles. The quantitative estimate of drug-likeness (QED) is 0.255. The van der Waals surface area contributed by atoms with Crippen molar-refractivity contribution >= 4 is 38.7 Å². The molecule has 15 heteroatoms. The monoisotopic (exact) mass is 657 g/mol. The van der Waals surface area contributed by atoms with Gasteiger partial charge in [0.25, 0.3) is 5.69 Å². The molecule has 0 amide bonds. The Hall–Kier alpha value is -3.72. The van der Waals surface area contributed by atoms with Gasteiger partial charge in [0.2, 0.25) is 15.8 Å². The van der Waals surface area contributed by atoms with Crippen LogP contribution >= 0.6 is 11.6 Å². The second-order valence-electron chi connectivity index (χ2n) is 12.1. The van der Waals surface area contributed by atoms with Crippen molar-refractivity contribution in [3.63, 3.8) is 0 Å². The van der Waals surface area contributed by atoms with Crippen molar-refractivity contribution in [3.8, 4) is 11.4 Å². The number of hydrogen-bond acceptors (Lipinski definition) is 10. The van der Waals surface area contributed by atoms with E-state index in [1.54, 1.807) is 42.6 Å². The maximum Gasteiger partial charge on any atom is 0.316 e. The molecular weight excluding hydrogens is 622 g/mol. The van der Waals surface area contributed by atoms with Crippen molar-refractivity contribution < 1.29 is 18.1 Å². The molecule has 0 bridgehead atoms. The number of nitrogens with one attached hydrogen (secondary N) is 1. The Kier molecular flexibility index (Phi) is 8.74. The number of piperazine rings is 2. The lowest BCUT2D eigenvalue weighted by molar-refractivity contribution is -0.385. The van der Waals surface area contributed by atoms with Crippen LogP contribution in [0.15, 0.2) is 53.5 Å². The van der Waals surface area contributed by atoms with Gasteiger partial charge < -0.3 is 19.9 Å². The van der Waals surface area contributed by atoms with Crippen LogP contribution in [0.3, 0.4) is 0 Å². The van der Waals surface area contributed by atoms with E-state index in [9.17, 15) is 23.3 Å². The number of nitro groups is 1. The maximum atomic E-state index is 13.7. The van der Waals surface area contributed by atoms with Crippen LogP contribution in [0.2, 0.25) is 5.02 Å². The number of nitro benzene ring substituents is 1. The molecule has 3 heterocycles. The Morgan fingerprint density at radius 1 is 1.02 bits per heavy atom. The van der Waals surface area contributed by atoms with Crippen LogP contribution in [0.25, 0.3) is 5.69 Å². The van der Waals surface area contributed by atoms with Gasteiger partial charge in [0.1, 0.15) is 5.69 Å². The first-order valence-corrected chi connectivity index (χ1v) is 17.0. The van der Waals surface area contributed by atoms with Crippen LogP contribution in [0.5, 0.6) is 5.75 Å². The van der Waals surface area contributed by atoms with Crippen molar-refractivity contribution in [2.75, 3.05) is 68.8 Å². The number of aromatic nitrogens is 2. The largest absolute Gasteiger partial charge is 0.486 e. The van der Waals surface area contributed by atoms with Crippen LogP contribution in [0.1, 0.15) is 25.3 Å². The second kappa shape index (κ2) is 12.6. The number of ether oxygens (including phenoxy) is 1. The van der Waals surface area contributed by atoms with E-state index in [1.165, 1.54) is 15.1 Å².